The predicted octanol–water partition coefficient (Wildman–Crippen LogP) is 3.43. The van der Waals surface area contributed by atoms with Crippen molar-refractivity contribution in [2.75, 3.05) is 6.54 Å². The smallest absolute Gasteiger partial charge is 0.227 e. The number of H-pyrrole nitrogens is 1. The molecule has 3 nitrogen and oxygen atoms in total. The Morgan fingerprint density at radius 3 is 2.91 bits per heavy atom. The molecule has 0 atom stereocenters. The number of aromatic nitrogens is 1. The maximum atomic E-state index is 13.3. The van der Waals surface area contributed by atoms with Gasteiger partial charge in [-0.25, -0.2) is 4.39 Å². The molecule has 0 spiro atoms. The fourth-order valence-corrected chi connectivity index (χ4v) is 3.31. The van der Waals surface area contributed by atoms with Crippen molar-refractivity contribution in [1.29, 1.82) is 0 Å². The highest BCUT2D eigenvalue weighted by molar-refractivity contribution is 5.86. The number of hydrogen-bond donors (Lipinski definition) is 1. The number of carbonyl (C=O) groups excluding carboxylic acids is 1. The normalized spacial score (nSPS) is 14.0. The maximum Gasteiger partial charge on any atom is 0.227 e. The van der Waals surface area contributed by atoms with E-state index in [0.29, 0.717) is 13.1 Å². The van der Waals surface area contributed by atoms with Crippen LogP contribution in [0.1, 0.15) is 16.8 Å². The van der Waals surface area contributed by atoms with Crippen LogP contribution in [0.2, 0.25) is 0 Å². The van der Waals surface area contributed by atoms with E-state index in [9.17, 15) is 9.18 Å². The number of fused-ring (bicyclic) bond motifs is 3. The first-order valence-electron chi connectivity index (χ1n) is 7.81. The van der Waals surface area contributed by atoms with Crippen LogP contribution in [0, 0.1) is 5.82 Å². The van der Waals surface area contributed by atoms with E-state index in [0.717, 1.165) is 17.5 Å². The minimum atomic E-state index is -0.298. The zero-order chi connectivity index (χ0) is 15.8. The van der Waals surface area contributed by atoms with Gasteiger partial charge in [0.25, 0.3) is 0 Å². The molecular formula is C19H17FN2O. The molecule has 1 aliphatic rings. The third kappa shape index (κ3) is 2.61. The van der Waals surface area contributed by atoms with Crippen LogP contribution in [0.3, 0.4) is 0 Å². The lowest BCUT2D eigenvalue weighted by Crippen LogP contribution is -2.36. The van der Waals surface area contributed by atoms with Gasteiger partial charge >= 0.3 is 0 Å². The van der Waals surface area contributed by atoms with Crippen LogP contribution < -0.4 is 0 Å². The first kappa shape index (κ1) is 14.0. The molecule has 0 saturated heterocycles. The molecule has 0 bridgehead atoms. The zero-order valence-electron chi connectivity index (χ0n) is 12.7. The van der Waals surface area contributed by atoms with Crippen molar-refractivity contribution in [3.63, 3.8) is 0 Å². The summed E-state index contributed by atoms with van der Waals surface area (Å²) in [6, 6.07) is 14.4. The molecule has 0 saturated carbocycles. The second kappa shape index (κ2) is 5.54. The lowest BCUT2D eigenvalue weighted by Gasteiger charge is -2.27. The number of hydrogen-bond acceptors (Lipinski definition) is 1. The van der Waals surface area contributed by atoms with E-state index in [-0.39, 0.29) is 18.1 Å². The van der Waals surface area contributed by atoms with Gasteiger partial charge in [0.2, 0.25) is 5.91 Å². The first-order chi connectivity index (χ1) is 11.2. The minimum absolute atomic E-state index is 0.0477. The Balaban J connectivity index is 1.56. The molecule has 1 N–H and O–H groups in total. The third-order valence-corrected chi connectivity index (χ3v) is 4.48. The molecule has 1 amide bonds. The van der Waals surface area contributed by atoms with E-state index >= 15 is 0 Å². The highest BCUT2D eigenvalue weighted by Crippen LogP contribution is 2.27. The van der Waals surface area contributed by atoms with E-state index in [2.05, 4.69) is 17.1 Å². The average molecular weight is 308 g/mol. The van der Waals surface area contributed by atoms with E-state index in [1.807, 2.05) is 17.0 Å². The van der Waals surface area contributed by atoms with Gasteiger partial charge in [0.15, 0.2) is 0 Å². The topological polar surface area (TPSA) is 36.1 Å². The quantitative estimate of drug-likeness (QED) is 0.773. The van der Waals surface area contributed by atoms with Crippen molar-refractivity contribution in [2.45, 2.75) is 19.4 Å². The Labute approximate surface area is 133 Å². The second-order valence-corrected chi connectivity index (χ2v) is 6.00. The summed E-state index contributed by atoms with van der Waals surface area (Å²) in [6.45, 7) is 1.32. The number of aromatic amines is 1. The summed E-state index contributed by atoms with van der Waals surface area (Å²) in [5, 5.41) is 1.19. The Morgan fingerprint density at radius 1 is 1.17 bits per heavy atom. The van der Waals surface area contributed by atoms with Crippen molar-refractivity contribution >= 4 is 16.8 Å². The zero-order valence-corrected chi connectivity index (χ0v) is 12.7. The van der Waals surface area contributed by atoms with Gasteiger partial charge in [0.05, 0.1) is 6.42 Å². The summed E-state index contributed by atoms with van der Waals surface area (Å²) in [4.78, 5) is 17.9. The third-order valence-electron chi connectivity index (χ3n) is 4.48. The van der Waals surface area contributed by atoms with Crippen molar-refractivity contribution in [3.8, 4) is 0 Å². The number of carbonyl (C=O) groups is 1. The van der Waals surface area contributed by atoms with Gasteiger partial charge in [-0.15, -0.1) is 0 Å². The Morgan fingerprint density at radius 2 is 2.04 bits per heavy atom. The molecule has 116 valence electrons. The van der Waals surface area contributed by atoms with Crippen LogP contribution in [0.25, 0.3) is 10.9 Å². The largest absolute Gasteiger partial charge is 0.358 e. The van der Waals surface area contributed by atoms with Crippen molar-refractivity contribution < 1.29 is 9.18 Å². The maximum absolute atomic E-state index is 13.3. The number of para-hydroxylation sites is 1. The van der Waals surface area contributed by atoms with E-state index in [1.54, 1.807) is 12.1 Å². The van der Waals surface area contributed by atoms with Crippen LogP contribution in [-0.4, -0.2) is 22.3 Å². The van der Waals surface area contributed by atoms with Crippen molar-refractivity contribution in [3.05, 3.63) is 71.2 Å². The SMILES string of the molecule is O=C(Cc1cccc(F)c1)N1CCc2[nH]c3ccccc3c2C1. The summed E-state index contributed by atoms with van der Waals surface area (Å²) >= 11 is 0. The Hall–Kier alpha value is -2.62. The van der Waals surface area contributed by atoms with E-state index < -0.39 is 0 Å². The number of nitrogens with one attached hydrogen (secondary N) is 1. The fraction of sp³-hybridized carbons (Fsp3) is 0.211. The highest BCUT2D eigenvalue weighted by Gasteiger charge is 2.23. The van der Waals surface area contributed by atoms with Crippen LogP contribution in [-0.2, 0) is 24.2 Å². The molecule has 2 heterocycles. The van der Waals surface area contributed by atoms with Crippen LogP contribution >= 0.6 is 0 Å². The molecular weight excluding hydrogens is 291 g/mol. The van der Waals surface area contributed by atoms with Gasteiger partial charge in [-0.1, -0.05) is 30.3 Å². The summed E-state index contributed by atoms with van der Waals surface area (Å²) in [5.41, 5.74) is 4.28. The number of halogens is 1. The van der Waals surface area contributed by atoms with Gasteiger partial charge in [0.1, 0.15) is 5.82 Å². The molecule has 1 aromatic heterocycles. The van der Waals surface area contributed by atoms with Gasteiger partial charge in [-0.2, -0.15) is 0 Å². The average Bonchev–Trinajstić information content (AvgIpc) is 2.92. The number of rotatable bonds is 2. The molecule has 2 aromatic carbocycles. The van der Waals surface area contributed by atoms with Gasteiger partial charge in [-0.05, 0) is 23.8 Å². The number of amides is 1. The van der Waals surface area contributed by atoms with E-state index in [4.69, 9.17) is 0 Å². The second-order valence-electron chi connectivity index (χ2n) is 6.00. The van der Waals surface area contributed by atoms with Crippen LogP contribution in [0.5, 0.6) is 0 Å². The van der Waals surface area contributed by atoms with Crippen molar-refractivity contribution in [1.82, 2.24) is 9.88 Å². The predicted molar refractivity (Wildman–Crippen MR) is 87.5 cm³/mol. The molecule has 0 unspecified atom stereocenters. The van der Waals surface area contributed by atoms with Crippen LogP contribution in [0.15, 0.2) is 48.5 Å². The van der Waals surface area contributed by atoms with E-state index in [1.165, 1.54) is 28.8 Å². The fourth-order valence-electron chi connectivity index (χ4n) is 3.31. The molecule has 0 fully saturated rings. The first-order valence-corrected chi connectivity index (χ1v) is 7.81. The molecule has 3 aromatic rings. The monoisotopic (exact) mass is 308 g/mol. The van der Waals surface area contributed by atoms with Crippen molar-refractivity contribution in [2.24, 2.45) is 0 Å². The molecule has 1 aliphatic heterocycles. The molecule has 23 heavy (non-hydrogen) atoms. The summed E-state index contributed by atoms with van der Waals surface area (Å²) in [6.07, 6.45) is 1.08. The van der Waals surface area contributed by atoms with Gasteiger partial charge < -0.3 is 9.88 Å². The van der Waals surface area contributed by atoms with Crippen LogP contribution in [0.4, 0.5) is 4.39 Å². The summed E-state index contributed by atoms with van der Waals surface area (Å²) < 4.78 is 13.3. The minimum Gasteiger partial charge on any atom is -0.358 e. The molecule has 4 heteroatoms. The standard InChI is InChI=1S/C19H17FN2O/c20-14-5-3-4-13(10-14)11-19(23)22-9-8-18-16(12-22)15-6-1-2-7-17(15)21-18/h1-7,10,21H,8-9,11-12H2. The lowest BCUT2D eigenvalue weighted by atomic mass is 10.0. The highest BCUT2D eigenvalue weighted by atomic mass is 19.1. The van der Waals surface area contributed by atoms with Gasteiger partial charge in [-0.3, -0.25) is 4.79 Å². The summed E-state index contributed by atoms with van der Waals surface area (Å²) in [5.74, 6) is -0.251. The Kier molecular flexibility index (Phi) is 3.37. The molecule has 4 rings (SSSR count). The number of nitrogens with zero attached hydrogens (tertiary/aromatic N) is 1. The van der Waals surface area contributed by atoms with Gasteiger partial charge in [0, 0.05) is 41.7 Å². The molecule has 0 aliphatic carbocycles. The Bertz CT molecular complexity index is 884. The number of benzene rings is 2. The lowest BCUT2D eigenvalue weighted by molar-refractivity contribution is -0.131. The summed E-state index contributed by atoms with van der Waals surface area (Å²) in [7, 11) is 0. The molecule has 0 radical (unpaired) electrons.